The molecular weight excluding hydrogens is 291 g/mol. The van der Waals surface area contributed by atoms with Crippen LogP contribution < -0.4 is 4.90 Å². The molecule has 7 heteroatoms. The number of benzene rings is 1. The SMILES string of the molecule is O=C1[C@@H]2[C@H](C(=O)N1c1ccc(F)c([N+](=O)[O-])c1)[C@@H]1C=C[C@H]2C1. The van der Waals surface area contributed by atoms with Gasteiger partial charge in [0, 0.05) is 6.07 Å². The molecular formula is C15H11FN2O4. The number of carbonyl (C=O) groups is 2. The highest BCUT2D eigenvalue weighted by atomic mass is 19.1. The molecule has 22 heavy (non-hydrogen) atoms. The average Bonchev–Trinajstić information content (AvgIpc) is 3.14. The first-order valence-corrected chi connectivity index (χ1v) is 6.99. The van der Waals surface area contributed by atoms with Crippen LogP contribution in [0.1, 0.15) is 6.42 Å². The van der Waals surface area contributed by atoms with Crippen molar-refractivity contribution < 1.29 is 18.9 Å². The van der Waals surface area contributed by atoms with E-state index >= 15 is 0 Å². The summed E-state index contributed by atoms with van der Waals surface area (Å²) in [7, 11) is 0. The summed E-state index contributed by atoms with van der Waals surface area (Å²) in [4.78, 5) is 36.1. The maximum absolute atomic E-state index is 13.4. The van der Waals surface area contributed by atoms with Gasteiger partial charge in [0.05, 0.1) is 22.4 Å². The van der Waals surface area contributed by atoms with Crippen molar-refractivity contribution in [3.05, 3.63) is 46.3 Å². The zero-order valence-corrected chi connectivity index (χ0v) is 11.3. The van der Waals surface area contributed by atoms with Gasteiger partial charge in [0.25, 0.3) is 0 Å². The van der Waals surface area contributed by atoms with Gasteiger partial charge in [0.1, 0.15) is 0 Å². The fraction of sp³-hybridized carbons (Fsp3) is 0.333. The molecule has 0 spiro atoms. The first kappa shape index (κ1) is 13.1. The highest BCUT2D eigenvalue weighted by molar-refractivity contribution is 6.22. The van der Waals surface area contributed by atoms with Crippen LogP contribution >= 0.6 is 0 Å². The fourth-order valence-electron chi connectivity index (χ4n) is 3.94. The first-order chi connectivity index (χ1) is 10.5. The first-order valence-electron chi connectivity index (χ1n) is 6.99. The Hall–Kier alpha value is -2.57. The number of fused-ring (bicyclic) bond motifs is 5. The smallest absolute Gasteiger partial charge is 0.274 e. The Morgan fingerprint density at radius 1 is 1.14 bits per heavy atom. The quantitative estimate of drug-likeness (QED) is 0.362. The van der Waals surface area contributed by atoms with Crippen LogP contribution in [0.25, 0.3) is 0 Å². The van der Waals surface area contributed by atoms with E-state index in [4.69, 9.17) is 0 Å². The summed E-state index contributed by atoms with van der Waals surface area (Å²) in [6.45, 7) is 0. The molecule has 1 saturated heterocycles. The van der Waals surface area contributed by atoms with Crippen molar-refractivity contribution >= 4 is 23.2 Å². The number of amides is 2. The summed E-state index contributed by atoms with van der Waals surface area (Å²) in [6.07, 6.45) is 4.74. The number of nitro benzene ring substituents is 1. The van der Waals surface area contributed by atoms with Gasteiger partial charge in [-0.3, -0.25) is 19.7 Å². The molecule has 6 nitrogen and oxygen atoms in total. The second kappa shape index (κ2) is 4.22. The zero-order chi connectivity index (χ0) is 15.6. The lowest BCUT2D eigenvalue weighted by atomic mass is 9.85. The predicted octanol–water partition coefficient (Wildman–Crippen LogP) is 2.05. The molecule has 2 aliphatic carbocycles. The largest absolute Gasteiger partial charge is 0.306 e. The minimum atomic E-state index is -0.991. The second-order valence-electron chi connectivity index (χ2n) is 5.90. The highest BCUT2D eigenvalue weighted by Gasteiger charge is 2.59. The van der Waals surface area contributed by atoms with Gasteiger partial charge in [-0.25, -0.2) is 4.90 Å². The molecule has 1 aromatic carbocycles. The second-order valence-corrected chi connectivity index (χ2v) is 5.90. The number of carbonyl (C=O) groups excluding carboxylic acids is 2. The topological polar surface area (TPSA) is 80.5 Å². The molecule has 2 amide bonds. The summed E-state index contributed by atoms with van der Waals surface area (Å²) in [6, 6.07) is 3.09. The number of allylic oxidation sites excluding steroid dienone is 2. The summed E-state index contributed by atoms with van der Waals surface area (Å²) in [5.74, 6) is -2.31. The number of nitro groups is 1. The summed E-state index contributed by atoms with van der Waals surface area (Å²) >= 11 is 0. The van der Waals surface area contributed by atoms with E-state index in [1.807, 2.05) is 12.2 Å². The third-order valence-electron chi connectivity index (χ3n) is 4.85. The number of anilines is 1. The maximum atomic E-state index is 13.4. The van der Waals surface area contributed by atoms with Crippen LogP contribution in [0, 0.1) is 39.6 Å². The molecule has 1 aliphatic heterocycles. The fourth-order valence-corrected chi connectivity index (χ4v) is 3.94. The molecule has 112 valence electrons. The van der Waals surface area contributed by atoms with Gasteiger partial charge in [-0.05, 0) is 30.4 Å². The van der Waals surface area contributed by atoms with E-state index in [-0.39, 0.29) is 41.2 Å². The van der Waals surface area contributed by atoms with E-state index in [1.165, 1.54) is 6.07 Å². The van der Waals surface area contributed by atoms with Gasteiger partial charge in [0.15, 0.2) is 0 Å². The molecule has 0 unspecified atom stereocenters. The lowest BCUT2D eigenvalue weighted by Crippen LogP contribution is -2.32. The normalized spacial score (nSPS) is 32.0. The van der Waals surface area contributed by atoms with Crippen molar-refractivity contribution in [2.24, 2.45) is 23.7 Å². The van der Waals surface area contributed by atoms with Crippen LogP contribution in [0.4, 0.5) is 15.8 Å². The molecule has 2 fully saturated rings. The van der Waals surface area contributed by atoms with Crippen LogP contribution in [-0.4, -0.2) is 16.7 Å². The molecule has 4 rings (SSSR count). The Bertz CT molecular complexity index is 730. The lowest BCUT2D eigenvalue weighted by Gasteiger charge is -2.17. The predicted molar refractivity (Wildman–Crippen MR) is 73.3 cm³/mol. The Kier molecular flexibility index (Phi) is 2.52. The molecule has 0 aromatic heterocycles. The molecule has 0 N–H and O–H groups in total. The maximum Gasteiger partial charge on any atom is 0.306 e. The van der Waals surface area contributed by atoms with Gasteiger partial charge >= 0.3 is 5.69 Å². The molecule has 1 heterocycles. The number of rotatable bonds is 2. The van der Waals surface area contributed by atoms with Gasteiger partial charge in [-0.15, -0.1) is 0 Å². The van der Waals surface area contributed by atoms with Crippen LogP contribution in [0.15, 0.2) is 30.4 Å². The summed E-state index contributed by atoms with van der Waals surface area (Å²) in [5.41, 5.74) is -0.673. The van der Waals surface area contributed by atoms with Crippen molar-refractivity contribution in [1.82, 2.24) is 0 Å². The van der Waals surface area contributed by atoms with Crippen molar-refractivity contribution in [3.63, 3.8) is 0 Å². The third kappa shape index (κ3) is 1.53. The highest BCUT2D eigenvalue weighted by Crippen LogP contribution is 2.53. The van der Waals surface area contributed by atoms with Crippen LogP contribution in [0.5, 0.6) is 0 Å². The van der Waals surface area contributed by atoms with E-state index < -0.39 is 16.4 Å². The van der Waals surface area contributed by atoms with Crippen LogP contribution in [0.3, 0.4) is 0 Å². The Balaban J connectivity index is 1.76. The van der Waals surface area contributed by atoms with E-state index in [0.717, 1.165) is 23.5 Å². The van der Waals surface area contributed by atoms with Crippen LogP contribution in [0.2, 0.25) is 0 Å². The van der Waals surface area contributed by atoms with Gasteiger partial charge in [-0.2, -0.15) is 4.39 Å². The average molecular weight is 302 g/mol. The van der Waals surface area contributed by atoms with E-state index in [1.54, 1.807) is 0 Å². The lowest BCUT2D eigenvalue weighted by molar-refractivity contribution is -0.387. The zero-order valence-electron chi connectivity index (χ0n) is 11.3. The Morgan fingerprint density at radius 2 is 1.73 bits per heavy atom. The monoisotopic (exact) mass is 302 g/mol. The number of nitrogens with zero attached hydrogens (tertiary/aromatic N) is 2. The van der Waals surface area contributed by atoms with Gasteiger partial charge < -0.3 is 0 Å². The van der Waals surface area contributed by atoms with Gasteiger partial charge in [-0.1, -0.05) is 12.2 Å². The van der Waals surface area contributed by atoms with Gasteiger partial charge in [0.2, 0.25) is 17.6 Å². The van der Waals surface area contributed by atoms with E-state index in [9.17, 15) is 24.1 Å². The van der Waals surface area contributed by atoms with Crippen molar-refractivity contribution in [1.29, 1.82) is 0 Å². The number of hydrogen-bond acceptors (Lipinski definition) is 4. The Morgan fingerprint density at radius 3 is 2.27 bits per heavy atom. The molecule has 2 bridgehead atoms. The van der Waals surface area contributed by atoms with Crippen molar-refractivity contribution in [2.75, 3.05) is 4.90 Å². The number of hydrogen-bond donors (Lipinski definition) is 0. The minimum absolute atomic E-state index is 0.0619. The van der Waals surface area contributed by atoms with Crippen LogP contribution in [-0.2, 0) is 9.59 Å². The molecule has 4 atom stereocenters. The molecule has 3 aliphatic rings. The van der Waals surface area contributed by atoms with Crippen molar-refractivity contribution in [3.8, 4) is 0 Å². The standard InChI is InChI=1S/C15H11FN2O4/c16-10-4-3-9(6-11(10)18(21)22)17-14(19)12-7-1-2-8(5-7)13(12)15(17)20/h1-4,6-8,12-13H,5H2/t7-,8+,12-,13+. The van der Waals surface area contributed by atoms with E-state index in [0.29, 0.717) is 0 Å². The van der Waals surface area contributed by atoms with Crippen molar-refractivity contribution in [2.45, 2.75) is 6.42 Å². The number of imide groups is 1. The summed E-state index contributed by atoms with van der Waals surface area (Å²) in [5, 5.41) is 10.8. The van der Waals surface area contributed by atoms with E-state index in [2.05, 4.69) is 0 Å². The Labute approximate surface area is 124 Å². The number of halogens is 1. The molecule has 0 radical (unpaired) electrons. The molecule has 1 saturated carbocycles. The third-order valence-corrected chi connectivity index (χ3v) is 4.85. The minimum Gasteiger partial charge on any atom is -0.274 e. The molecule has 1 aromatic rings. The summed E-state index contributed by atoms with van der Waals surface area (Å²) < 4.78 is 13.4.